The molecule has 0 saturated heterocycles. The van der Waals surface area contributed by atoms with E-state index in [0.29, 0.717) is 6.42 Å². The molecule has 0 bridgehead atoms. The molecule has 3 nitrogen and oxygen atoms in total. The summed E-state index contributed by atoms with van der Waals surface area (Å²) in [7, 11) is 2.05. The first-order valence-corrected chi connectivity index (χ1v) is 6.99. The Bertz CT molecular complexity index is 589. The van der Waals surface area contributed by atoms with E-state index in [1.54, 1.807) is 0 Å². The second-order valence-electron chi connectivity index (χ2n) is 5.22. The molecule has 0 saturated carbocycles. The summed E-state index contributed by atoms with van der Waals surface area (Å²) in [6, 6.07) is 15.0. The molecule has 3 heteroatoms. The first-order chi connectivity index (χ1) is 9.59. The molecule has 0 aliphatic heterocycles. The average molecular weight is 271 g/mol. The van der Waals surface area contributed by atoms with Crippen LogP contribution in [0.3, 0.4) is 0 Å². The van der Waals surface area contributed by atoms with Gasteiger partial charge in [-0.1, -0.05) is 42.5 Å². The van der Waals surface area contributed by atoms with Crippen LogP contribution in [0, 0.1) is 0 Å². The summed E-state index contributed by atoms with van der Waals surface area (Å²) in [5.74, 6) is -0.726. The van der Waals surface area contributed by atoms with Gasteiger partial charge in [-0.15, -0.1) is 0 Å². The molecule has 1 N–H and O–H groups in total. The van der Waals surface area contributed by atoms with Crippen LogP contribution in [-0.4, -0.2) is 29.6 Å². The van der Waals surface area contributed by atoms with Crippen LogP contribution in [0.1, 0.15) is 31.4 Å². The van der Waals surface area contributed by atoms with Crippen LogP contribution in [-0.2, 0) is 4.79 Å². The molecule has 106 valence electrons. The maximum Gasteiger partial charge on any atom is 0.303 e. The predicted molar refractivity (Wildman–Crippen MR) is 81.9 cm³/mol. The fraction of sp³-hybridized carbons (Fsp3) is 0.353. The Morgan fingerprint density at radius 1 is 1.20 bits per heavy atom. The highest BCUT2D eigenvalue weighted by Gasteiger charge is 2.14. The van der Waals surface area contributed by atoms with Crippen molar-refractivity contribution in [2.75, 3.05) is 13.6 Å². The zero-order valence-electron chi connectivity index (χ0n) is 12.0. The number of fused-ring (bicyclic) bond motifs is 1. The number of carbonyl (C=O) groups is 1. The van der Waals surface area contributed by atoms with Crippen molar-refractivity contribution < 1.29 is 9.90 Å². The van der Waals surface area contributed by atoms with E-state index in [-0.39, 0.29) is 12.5 Å². The van der Waals surface area contributed by atoms with Gasteiger partial charge in [-0.25, -0.2) is 0 Å². The highest BCUT2D eigenvalue weighted by molar-refractivity contribution is 5.86. The monoisotopic (exact) mass is 271 g/mol. The topological polar surface area (TPSA) is 40.5 Å². The van der Waals surface area contributed by atoms with Crippen molar-refractivity contribution in [2.45, 2.75) is 25.8 Å². The van der Waals surface area contributed by atoms with Crippen molar-refractivity contribution in [3.8, 4) is 0 Å². The van der Waals surface area contributed by atoms with Crippen LogP contribution >= 0.6 is 0 Å². The lowest BCUT2D eigenvalue weighted by atomic mass is 9.99. The lowest BCUT2D eigenvalue weighted by Crippen LogP contribution is -2.24. The molecule has 20 heavy (non-hydrogen) atoms. The van der Waals surface area contributed by atoms with Gasteiger partial charge in [0.25, 0.3) is 0 Å². The summed E-state index contributed by atoms with van der Waals surface area (Å²) in [5, 5.41) is 11.2. The number of carboxylic acids is 1. The zero-order valence-corrected chi connectivity index (χ0v) is 12.0. The van der Waals surface area contributed by atoms with Gasteiger partial charge in [0.2, 0.25) is 0 Å². The molecule has 0 aliphatic rings. The van der Waals surface area contributed by atoms with Crippen molar-refractivity contribution in [2.24, 2.45) is 0 Å². The summed E-state index contributed by atoms with van der Waals surface area (Å²) >= 11 is 0. The first-order valence-electron chi connectivity index (χ1n) is 6.99. The minimum atomic E-state index is -0.726. The van der Waals surface area contributed by atoms with Crippen LogP contribution < -0.4 is 0 Å². The van der Waals surface area contributed by atoms with Gasteiger partial charge in [-0.05, 0) is 43.3 Å². The van der Waals surface area contributed by atoms with Crippen LogP contribution in [0.2, 0.25) is 0 Å². The van der Waals surface area contributed by atoms with E-state index in [4.69, 9.17) is 5.11 Å². The van der Waals surface area contributed by atoms with E-state index in [0.717, 1.165) is 6.54 Å². The Hall–Kier alpha value is -1.87. The van der Waals surface area contributed by atoms with E-state index in [2.05, 4.69) is 48.2 Å². The summed E-state index contributed by atoms with van der Waals surface area (Å²) in [6.07, 6.45) is 0.910. The van der Waals surface area contributed by atoms with Gasteiger partial charge in [0.1, 0.15) is 0 Å². The van der Waals surface area contributed by atoms with Gasteiger partial charge in [0.05, 0.1) is 0 Å². The molecule has 0 aliphatic carbocycles. The lowest BCUT2D eigenvalue weighted by molar-refractivity contribution is -0.137. The maximum absolute atomic E-state index is 10.6. The molecule has 0 heterocycles. The smallest absolute Gasteiger partial charge is 0.303 e. The van der Waals surface area contributed by atoms with E-state index >= 15 is 0 Å². The molecule has 1 unspecified atom stereocenters. The predicted octanol–water partition coefficient (Wildman–Crippen LogP) is 3.70. The van der Waals surface area contributed by atoms with E-state index in [1.165, 1.54) is 16.3 Å². The van der Waals surface area contributed by atoms with Crippen LogP contribution in [0.25, 0.3) is 10.8 Å². The molecular formula is C17H21NO2. The van der Waals surface area contributed by atoms with Crippen molar-refractivity contribution in [1.82, 2.24) is 4.90 Å². The standard InChI is InChI=1S/C17H21NO2/c1-13(18(2)12-6-11-17(19)20)15-10-5-8-14-7-3-4-9-16(14)15/h3-5,7-10,13H,6,11-12H2,1-2H3,(H,19,20). The van der Waals surface area contributed by atoms with Gasteiger partial charge in [-0.2, -0.15) is 0 Å². The van der Waals surface area contributed by atoms with Gasteiger partial charge in [0.15, 0.2) is 0 Å². The molecule has 2 aromatic carbocycles. The number of benzene rings is 2. The fourth-order valence-electron chi connectivity index (χ4n) is 2.53. The molecular weight excluding hydrogens is 250 g/mol. The minimum Gasteiger partial charge on any atom is -0.481 e. The van der Waals surface area contributed by atoms with E-state index in [9.17, 15) is 4.79 Å². The maximum atomic E-state index is 10.6. The molecule has 0 amide bonds. The highest BCUT2D eigenvalue weighted by Crippen LogP contribution is 2.27. The van der Waals surface area contributed by atoms with E-state index in [1.807, 2.05) is 13.1 Å². The summed E-state index contributed by atoms with van der Waals surface area (Å²) in [6.45, 7) is 2.96. The van der Waals surface area contributed by atoms with Crippen molar-refractivity contribution in [3.05, 3.63) is 48.0 Å². The summed E-state index contributed by atoms with van der Waals surface area (Å²) in [4.78, 5) is 12.8. The molecule has 0 spiro atoms. The fourth-order valence-corrected chi connectivity index (χ4v) is 2.53. The lowest BCUT2D eigenvalue weighted by Gasteiger charge is -2.26. The Labute approximate surface area is 119 Å². The molecule has 0 radical (unpaired) electrons. The molecule has 2 aromatic rings. The highest BCUT2D eigenvalue weighted by atomic mass is 16.4. The second kappa shape index (κ2) is 6.53. The van der Waals surface area contributed by atoms with Gasteiger partial charge in [-0.3, -0.25) is 9.69 Å². The Balaban J connectivity index is 2.14. The van der Waals surface area contributed by atoms with Crippen LogP contribution in [0.4, 0.5) is 0 Å². The largest absolute Gasteiger partial charge is 0.481 e. The number of carboxylic acid groups (broad SMARTS) is 1. The normalized spacial score (nSPS) is 12.8. The number of nitrogens with zero attached hydrogens (tertiary/aromatic N) is 1. The van der Waals surface area contributed by atoms with Gasteiger partial charge in [0, 0.05) is 12.5 Å². The third kappa shape index (κ3) is 3.36. The number of hydrogen-bond acceptors (Lipinski definition) is 2. The molecule has 2 rings (SSSR count). The summed E-state index contributed by atoms with van der Waals surface area (Å²) in [5.41, 5.74) is 1.29. The molecule has 1 atom stereocenters. The van der Waals surface area contributed by atoms with Gasteiger partial charge < -0.3 is 5.11 Å². The zero-order chi connectivity index (χ0) is 14.5. The SMILES string of the molecule is CC(c1cccc2ccccc12)N(C)CCCC(=O)O. The minimum absolute atomic E-state index is 0.229. The Morgan fingerprint density at radius 2 is 1.90 bits per heavy atom. The third-order valence-corrected chi connectivity index (χ3v) is 3.84. The molecule has 0 aromatic heterocycles. The molecule has 0 fully saturated rings. The number of aliphatic carboxylic acids is 1. The number of hydrogen-bond donors (Lipinski definition) is 1. The van der Waals surface area contributed by atoms with Gasteiger partial charge >= 0.3 is 5.97 Å². The first kappa shape index (κ1) is 14.5. The van der Waals surface area contributed by atoms with Crippen LogP contribution in [0.15, 0.2) is 42.5 Å². The Morgan fingerprint density at radius 3 is 2.65 bits per heavy atom. The Kier molecular flexibility index (Phi) is 4.74. The average Bonchev–Trinajstić information content (AvgIpc) is 2.45. The second-order valence-corrected chi connectivity index (χ2v) is 5.22. The van der Waals surface area contributed by atoms with Crippen molar-refractivity contribution >= 4 is 16.7 Å². The van der Waals surface area contributed by atoms with Crippen molar-refractivity contribution in [1.29, 1.82) is 0 Å². The van der Waals surface area contributed by atoms with Crippen LogP contribution in [0.5, 0.6) is 0 Å². The summed E-state index contributed by atoms with van der Waals surface area (Å²) < 4.78 is 0. The van der Waals surface area contributed by atoms with Crippen molar-refractivity contribution in [3.63, 3.8) is 0 Å². The third-order valence-electron chi connectivity index (χ3n) is 3.84. The number of rotatable bonds is 6. The quantitative estimate of drug-likeness (QED) is 0.871. The van der Waals surface area contributed by atoms with E-state index < -0.39 is 5.97 Å².